The Labute approximate surface area is 163 Å². The Morgan fingerprint density at radius 1 is 1.00 bits per heavy atom. The van der Waals surface area contributed by atoms with Crippen LogP contribution < -0.4 is 9.47 Å². The van der Waals surface area contributed by atoms with E-state index in [0.29, 0.717) is 18.4 Å². The fourth-order valence-corrected chi connectivity index (χ4v) is 3.46. The lowest BCUT2D eigenvalue weighted by Gasteiger charge is -2.15. The molecule has 0 saturated heterocycles. The summed E-state index contributed by atoms with van der Waals surface area (Å²) in [7, 11) is 0. The van der Waals surface area contributed by atoms with Crippen LogP contribution in [-0.4, -0.2) is 19.1 Å². The highest BCUT2D eigenvalue weighted by atomic mass is 35.5. The van der Waals surface area contributed by atoms with E-state index < -0.39 is 0 Å². The zero-order valence-electron chi connectivity index (χ0n) is 16.5. The van der Waals surface area contributed by atoms with Gasteiger partial charge in [0.25, 0.3) is 0 Å². The van der Waals surface area contributed by atoms with Gasteiger partial charge in [0.05, 0.1) is 13.2 Å². The van der Waals surface area contributed by atoms with Crippen LogP contribution in [0.4, 0.5) is 0 Å². The van der Waals surface area contributed by atoms with Crippen molar-refractivity contribution in [3.05, 3.63) is 35.9 Å². The maximum absolute atomic E-state index is 6.01. The van der Waals surface area contributed by atoms with Crippen LogP contribution in [0, 0.1) is 12.8 Å². The maximum Gasteiger partial charge on any atom is 0.122 e. The van der Waals surface area contributed by atoms with E-state index >= 15 is 0 Å². The summed E-state index contributed by atoms with van der Waals surface area (Å²) in [5.41, 5.74) is 1.19. The SMILES string of the molecule is CCCCCCCOc1ccc2c(C)c(OCC(C)CCCl)ccc2c1. The first-order chi connectivity index (χ1) is 12.7. The van der Waals surface area contributed by atoms with Gasteiger partial charge in [-0.25, -0.2) is 0 Å². The molecule has 0 heterocycles. The van der Waals surface area contributed by atoms with Gasteiger partial charge in [-0.05, 0) is 60.2 Å². The van der Waals surface area contributed by atoms with E-state index in [9.17, 15) is 0 Å². The van der Waals surface area contributed by atoms with Crippen molar-refractivity contribution in [2.45, 2.75) is 59.3 Å². The minimum absolute atomic E-state index is 0.468. The highest BCUT2D eigenvalue weighted by Crippen LogP contribution is 2.30. The minimum Gasteiger partial charge on any atom is -0.494 e. The Morgan fingerprint density at radius 3 is 2.58 bits per heavy atom. The normalized spacial score (nSPS) is 12.3. The fraction of sp³-hybridized carbons (Fsp3) is 0.565. The van der Waals surface area contributed by atoms with Crippen molar-refractivity contribution in [2.24, 2.45) is 5.92 Å². The molecule has 0 aromatic heterocycles. The molecule has 2 rings (SSSR count). The molecule has 0 N–H and O–H groups in total. The van der Waals surface area contributed by atoms with Gasteiger partial charge >= 0.3 is 0 Å². The number of ether oxygens (including phenoxy) is 2. The molecule has 0 aliphatic rings. The Morgan fingerprint density at radius 2 is 1.81 bits per heavy atom. The van der Waals surface area contributed by atoms with Crippen LogP contribution in [0.1, 0.15) is 57.9 Å². The first-order valence-electron chi connectivity index (χ1n) is 10.0. The monoisotopic (exact) mass is 376 g/mol. The van der Waals surface area contributed by atoms with E-state index in [2.05, 4.69) is 51.1 Å². The molecule has 26 heavy (non-hydrogen) atoms. The molecule has 0 radical (unpaired) electrons. The van der Waals surface area contributed by atoms with Crippen molar-refractivity contribution in [3.63, 3.8) is 0 Å². The number of hydrogen-bond donors (Lipinski definition) is 0. The predicted octanol–water partition coefficient (Wildman–Crippen LogP) is 7.14. The largest absolute Gasteiger partial charge is 0.494 e. The van der Waals surface area contributed by atoms with Gasteiger partial charge in [-0.3, -0.25) is 0 Å². The summed E-state index contributed by atoms with van der Waals surface area (Å²) in [5.74, 6) is 3.07. The number of rotatable bonds is 12. The van der Waals surface area contributed by atoms with E-state index in [0.717, 1.165) is 30.9 Å². The van der Waals surface area contributed by atoms with Gasteiger partial charge in [0.15, 0.2) is 0 Å². The molecule has 3 heteroatoms. The number of fused-ring (bicyclic) bond motifs is 1. The summed E-state index contributed by atoms with van der Waals surface area (Å²) >= 11 is 5.80. The van der Waals surface area contributed by atoms with Crippen molar-refractivity contribution < 1.29 is 9.47 Å². The van der Waals surface area contributed by atoms with Gasteiger partial charge < -0.3 is 9.47 Å². The van der Waals surface area contributed by atoms with Crippen LogP contribution in [0.25, 0.3) is 10.8 Å². The van der Waals surface area contributed by atoms with Gasteiger partial charge in [-0.1, -0.05) is 51.7 Å². The fourth-order valence-electron chi connectivity index (χ4n) is 3.09. The number of halogens is 1. The van der Waals surface area contributed by atoms with E-state index in [1.54, 1.807) is 0 Å². The summed E-state index contributed by atoms with van der Waals surface area (Å²) in [6.45, 7) is 8.04. The lowest BCUT2D eigenvalue weighted by molar-refractivity contribution is 0.256. The van der Waals surface area contributed by atoms with Crippen molar-refractivity contribution in [1.82, 2.24) is 0 Å². The Balaban J connectivity index is 1.94. The van der Waals surface area contributed by atoms with Gasteiger partial charge in [-0.15, -0.1) is 11.6 Å². The van der Waals surface area contributed by atoms with E-state index in [1.165, 1.54) is 42.0 Å². The van der Waals surface area contributed by atoms with Crippen LogP contribution in [0.2, 0.25) is 0 Å². The molecular formula is C23H33ClO2. The summed E-state index contributed by atoms with van der Waals surface area (Å²) < 4.78 is 11.9. The average molecular weight is 377 g/mol. The number of benzene rings is 2. The lowest BCUT2D eigenvalue weighted by Crippen LogP contribution is -2.09. The Hall–Kier alpha value is -1.41. The van der Waals surface area contributed by atoms with Gasteiger partial charge in [-0.2, -0.15) is 0 Å². The topological polar surface area (TPSA) is 18.5 Å². The molecule has 0 fully saturated rings. The average Bonchev–Trinajstić information content (AvgIpc) is 2.64. The second-order valence-electron chi connectivity index (χ2n) is 7.23. The smallest absolute Gasteiger partial charge is 0.122 e. The molecule has 0 aliphatic carbocycles. The third kappa shape index (κ3) is 6.39. The molecule has 2 nitrogen and oxygen atoms in total. The molecule has 0 amide bonds. The molecule has 1 unspecified atom stereocenters. The van der Waals surface area contributed by atoms with E-state index in [4.69, 9.17) is 21.1 Å². The first-order valence-corrected chi connectivity index (χ1v) is 10.5. The van der Waals surface area contributed by atoms with Gasteiger partial charge in [0, 0.05) is 5.88 Å². The van der Waals surface area contributed by atoms with Crippen molar-refractivity contribution in [2.75, 3.05) is 19.1 Å². The quantitative estimate of drug-likeness (QED) is 0.289. The minimum atomic E-state index is 0.468. The number of unbranched alkanes of at least 4 members (excludes halogenated alkanes) is 4. The van der Waals surface area contributed by atoms with Crippen molar-refractivity contribution >= 4 is 22.4 Å². The first kappa shape index (κ1) is 20.9. The number of hydrogen-bond acceptors (Lipinski definition) is 2. The second kappa shape index (κ2) is 11.3. The molecule has 0 spiro atoms. The summed E-state index contributed by atoms with van der Waals surface area (Å²) in [4.78, 5) is 0. The number of aryl methyl sites for hydroxylation is 1. The molecule has 2 aromatic rings. The second-order valence-corrected chi connectivity index (χ2v) is 7.61. The lowest BCUT2D eigenvalue weighted by atomic mass is 10.0. The van der Waals surface area contributed by atoms with E-state index in [1.807, 2.05) is 0 Å². The van der Waals surface area contributed by atoms with Crippen LogP contribution in [0.15, 0.2) is 30.3 Å². The molecular weight excluding hydrogens is 344 g/mol. The molecule has 0 saturated carbocycles. The van der Waals surface area contributed by atoms with Crippen LogP contribution in [-0.2, 0) is 0 Å². The summed E-state index contributed by atoms with van der Waals surface area (Å²) in [6.07, 6.45) is 7.27. The molecule has 2 aromatic carbocycles. The molecule has 0 bridgehead atoms. The summed E-state index contributed by atoms with van der Waals surface area (Å²) in [5, 5.41) is 2.43. The van der Waals surface area contributed by atoms with E-state index in [-0.39, 0.29) is 0 Å². The predicted molar refractivity (Wildman–Crippen MR) is 113 cm³/mol. The Bertz CT molecular complexity index is 669. The molecule has 144 valence electrons. The highest BCUT2D eigenvalue weighted by Gasteiger charge is 2.08. The standard InChI is InChI=1S/C23H33ClO2/c1-4-5-6-7-8-15-25-21-10-11-22-19(3)23(12-9-20(22)16-21)26-17-18(2)13-14-24/h9-12,16,18H,4-8,13-15,17H2,1-3H3. The number of alkyl halides is 1. The van der Waals surface area contributed by atoms with Crippen LogP contribution in [0.3, 0.4) is 0 Å². The zero-order chi connectivity index (χ0) is 18.8. The Kier molecular flexibility index (Phi) is 9.11. The van der Waals surface area contributed by atoms with Gasteiger partial charge in [0.2, 0.25) is 0 Å². The maximum atomic E-state index is 6.01. The zero-order valence-corrected chi connectivity index (χ0v) is 17.3. The van der Waals surface area contributed by atoms with Crippen LogP contribution in [0.5, 0.6) is 11.5 Å². The third-order valence-corrected chi connectivity index (χ3v) is 5.07. The highest BCUT2D eigenvalue weighted by molar-refractivity contribution is 6.17. The van der Waals surface area contributed by atoms with Crippen molar-refractivity contribution in [1.29, 1.82) is 0 Å². The van der Waals surface area contributed by atoms with Crippen molar-refractivity contribution in [3.8, 4) is 11.5 Å². The molecule has 0 aliphatic heterocycles. The molecule has 1 atom stereocenters. The van der Waals surface area contributed by atoms with Gasteiger partial charge in [0.1, 0.15) is 11.5 Å². The summed E-state index contributed by atoms with van der Waals surface area (Å²) in [6, 6.07) is 10.5. The third-order valence-electron chi connectivity index (χ3n) is 4.85. The van der Waals surface area contributed by atoms with Crippen LogP contribution >= 0.6 is 11.6 Å².